The largest absolute Gasteiger partial charge is 0.103 e. The predicted octanol–water partition coefficient (Wildman–Crippen LogP) is 5.82. The molecule has 0 atom stereocenters. The summed E-state index contributed by atoms with van der Waals surface area (Å²) < 4.78 is 0. The van der Waals surface area contributed by atoms with Crippen molar-refractivity contribution < 1.29 is 0 Å². The van der Waals surface area contributed by atoms with Gasteiger partial charge in [0.05, 0.1) is 0 Å². The van der Waals surface area contributed by atoms with Crippen molar-refractivity contribution in [2.75, 3.05) is 0 Å². The fourth-order valence-corrected chi connectivity index (χ4v) is 2.21. The number of allylic oxidation sites excluding steroid dienone is 5. The maximum atomic E-state index is 3.81. The molecule has 0 nitrogen and oxygen atoms in total. The summed E-state index contributed by atoms with van der Waals surface area (Å²) in [7, 11) is 0. The first-order valence-corrected chi connectivity index (χ1v) is 6.68. The second-order valence-electron chi connectivity index (χ2n) is 4.21. The van der Waals surface area contributed by atoms with Crippen molar-refractivity contribution in [1.82, 2.24) is 0 Å². The Bertz CT molecular complexity index is 247. The third kappa shape index (κ3) is 5.34. The number of hydrogen-bond donors (Lipinski definition) is 0. The van der Waals surface area contributed by atoms with Crippen LogP contribution in [0.1, 0.15) is 66.2 Å². The molecule has 0 N–H and O–H groups in total. The van der Waals surface area contributed by atoms with Crippen LogP contribution in [0.5, 0.6) is 0 Å². The predicted molar refractivity (Wildman–Crippen MR) is 75.7 cm³/mol. The Morgan fingerprint density at radius 1 is 0.938 bits per heavy atom. The fraction of sp³-hybridized carbons (Fsp3) is 0.625. The van der Waals surface area contributed by atoms with E-state index < -0.39 is 0 Å². The molecule has 0 aromatic rings. The quantitative estimate of drug-likeness (QED) is 0.452. The van der Waals surface area contributed by atoms with Gasteiger partial charge in [0, 0.05) is 0 Å². The lowest BCUT2D eigenvalue weighted by Crippen LogP contribution is -1.92. The standard InChI is InChI=1S/C16H28/c1-6-11-14(7-2)12-13-16(10-5)15(8-3)9-4/h6-7H,1,8-13H2,2-5H3. The summed E-state index contributed by atoms with van der Waals surface area (Å²) in [5.41, 5.74) is 4.86. The summed E-state index contributed by atoms with van der Waals surface area (Å²) in [6, 6.07) is 0. The van der Waals surface area contributed by atoms with Gasteiger partial charge in [-0.2, -0.15) is 0 Å². The molecule has 0 aromatic carbocycles. The molecule has 0 bridgehead atoms. The summed E-state index contributed by atoms with van der Waals surface area (Å²) in [6.45, 7) is 12.8. The zero-order chi connectivity index (χ0) is 12.4. The van der Waals surface area contributed by atoms with E-state index >= 15 is 0 Å². The van der Waals surface area contributed by atoms with Gasteiger partial charge in [0.15, 0.2) is 0 Å². The third-order valence-corrected chi connectivity index (χ3v) is 3.34. The van der Waals surface area contributed by atoms with Crippen molar-refractivity contribution in [2.45, 2.75) is 66.2 Å². The average molecular weight is 220 g/mol. The highest BCUT2D eigenvalue weighted by Crippen LogP contribution is 2.23. The molecule has 16 heavy (non-hydrogen) atoms. The molecule has 0 saturated heterocycles. The third-order valence-electron chi connectivity index (χ3n) is 3.34. The Kier molecular flexibility index (Phi) is 8.99. The van der Waals surface area contributed by atoms with Gasteiger partial charge in [0.2, 0.25) is 0 Å². The van der Waals surface area contributed by atoms with Crippen LogP contribution in [-0.4, -0.2) is 0 Å². The fourth-order valence-electron chi connectivity index (χ4n) is 2.21. The maximum absolute atomic E-state index is 3.81. The van der Waals surface area contributed by atoms with Crippen LogP contribution in [0, 0.1) is 0 Å². The minimum absolute atomic E-state index is 1.04. The van der Waals surface area contributed by atoms with Gasteiger partial charge in [-0.05, 0) is 45.4 Å². The minimum Gasteiger partial charge on any atom is -0.103 e. The van der Waals surface area contributed by atoms with Crippen LogP contribution in [0.3, 0.4) is 0 Å². The second-order valence-corrected chi connectivity index (χ2v) is 4.21. The highest BCUT2D eigenvalue weighted by molar-refractivity contribution is 5.16. The van der Waals surface area contributed by atoms with E-state index in [-0.39, 0.29) is 0 Å². The van der Waals surface area contributed by atoms with E-state index in [4.69, 9.17) is 0 Å². The van der Waals surface area contributed by atoms with E-state index in [2.05, 4.69) is 40.3 Å². The Morgan fingerprint density at radius 3 is 1.88 bits per heavy atom. The first-order chi connectivity index (χ1) is 7.73. The molecule has 0 amide bonds. The molecule has 0 heterocycles. The van der Waals surface area contributed by atoms with Gasteiger partial charge in [0.1, 0.15) is 0 Å². The molecule has 0 aliphatic heterocycles. The van der Waals surface area contributed by atoms with Gasteiger partial charge >= 0.3 is 0 Å². The zero-order valence-corrected chi connectivity index (χ0v) is 11.6. The summed E-state index contributed by atoms with van der Waals surface area (Å²) in [6.07, 6.45) is 11.4. The van der Waals surface area contributed by atoms with Gasteiger partial charge < -0.3 is 0 Å². The number of hydrogen-bond acceptors (Lipinski definition) is 0. The van der Waals surface area contributed by atoms with Crippen LogP contribution in [0.4, 0.5) is 0 Å². The van der Waals surface area contributed by atoms with Crippen molar-refractivity contribution in [3.05, 3.63) is 35.5 Å². The molecule has 0 heteroatoms. The van der Waals surface area contributed by atoms with Crippen molar-refractivity contribution in [1.29, 1.82) is 0 Å². The van der Waals surface area contributed by atoms with Crippen LogP contribution in [0.15, 0.2) is 35.5 Å². The van der Waals surface area contributed by atoms with E-state index in [0.717, 1.165) is 6.42 Å². The molecule has 0 aromatic heterocycles. The van der Waals surface area contributed by atoms with E-state index in [1.807, 2.05) is 6.08 Å². The molecule has 0 unspecified atom stereocenters. The Morgan fingerprint density at radius 2 is 1.50 bits per heavy atom. The SMILES string of the molecule is C=CCC(=CC)CCC(CC)=C(CC)CC. The van der Waals surface area contributed by atoms with Crippen LogP contribution >= 0.6 is 0 Å². The maximum Gasteiger partial charge on any atom is -0.0142 e. The lowest BCUT2D eigenvalue weighted by atomic mass is 9.94. The molecular weight excluding hydrogens is 192 g/mol. The zero-order valence-electron chi connectivity index (χ0n) is 11.6. The molecule has 92 valence electrons. The normalized spacial score (nSPS) is 11.4. The van der Waals surface area contributed by atoms with E-state index in [0.29, 0.717) is 0 Å². The lowest BCUT2D eigenvalue weighted by Gasteiger charge is -2.12. The highest BCUT2D eigenvalue weighted by atomic mass is 14.1. The van der Waals surface area contributed by atoms with Gasteiger partial charge in [-0.15, -0.1) is 6.58 Å². The Labute approximate surface area is 102 Å². The van der Waals surface area contributed by atoms with E-state index in [9.17, 15) is 0 Å². The number of rotatable bonds is 8. The van der Waals surface area contributed by atoms with Gasteiger partial charge in [0.25, 0.3) is 0 Å². The summed E-state index contributed by atoms with van der Waals surface area (Å²) in [5.74, 6) is 0. The van der Waals surface area contributed by atoms with Gasteiger partial charge in [-0.3, -0.25) is 0 Å². The summed E-state index contributed by atoms with van der Waals surface area (Å²) in [4.78, 5) is 0. The smallest absolute Gasteiger partial charge is 0.0142 e. The summed E-state index contributed by atoms with van der Waals surface area (Å²) >= 11 is 0. The highest BCUT2D eigenvalue weighted by Gasteiger charge is 2.03. The van der Waals surface area contributed by atoms with E-state index in [1.165, 1.54) is 37.7 Å². The second kappa shape index (κ2) is 9.45. The average Bonchev–Trinajstić information content (AvgIpc) is 2.32. The summed E-state index contributed by atoms with van der Waals surface area (Å²) in [5, 5.41) is 0. The first-order valence-electron chi connectivity index (χ1n) is 6.68. The molecule has 0 saturated carbocycles. The van der Waals surface area contributed by atoms with Crippen molar-refractivity contribution >= 4 is 0 Å². The first kappa shape index (κ1) is 15.2. The molecule has 0 aliphatic carbocycles. The van der Waals surface area contributed by atoms with Gasteiger partial charge in [-0.1, -0.05) is 49.6 Å². The molecule has 0 fully saturated rings. The Hall–Kier alpha value is -0.780. The molecular formula is C16H28. The topological polar surface area (TPSA) is 0 Å². The molecule has 0 aliphatic rings. The van der Waals surface area contributed by atoms with Gasteiger partial charge in [-0.25, -0.2) is 0 Å². The lowest BCUT2D eigenvalue weighted by molar-refractivity contribution is 0.806. The van der Waals surface area contributed by atoms with Crippen LogP contribution in [0.25, 0.3) is 0 Å². The van der Waals surface area contributed by atoms with Crippen molar-refractivity contribution in [3.63, 3.8) is 0 Å². The monoisotopic (exact) mass is 220 g/mol. The van der Waals surface area contributed by atoms with Crippen LogP contribution in [0.2, 0.25) is 0 Å². The molecule has 0 radical (unpaired) electrons. The molecule has 0 spiro atoms. The van der Waals surface area contributed by atoms with Crippen molar-refractivity contribution in [3.8, 4) is 0 Å². The van der Waals surface area contributed by atoms with Crippen LogP contribution < -0.4 is 0 Å². The molecule has 0 rings (SSSR count). The Balaban J connectivity index is 4.44. The minimum atomic E-state index is 1.04. The van der Waals surface area contributed by atoms with Crippen LogP contribution in [-0.2, 0) is 0 Å². The van der Waals surface area contributed by atoms with E-state index in [1.54, 1.807) is 11.1 Å². The van der Waals surface area contributed by atoms with Crippen molar-refractivity contribution in [2.24, 2.45) is 0 Å².